The Balaban J connectivity index is 1.61. The Morgan fingerprint density at radius 3 is 2.86 bits per heavy atom. The van der Waals surface area contributed by atoms with E-state index in [4.69, 9.17) is 5.26 Å². The Hall–Kier alpha value is -3.53. The molecule has 0 unspecified atom stereocenters. The Kier molecular flexibility index (Phi) is 6.47. The number of nitrogens with zero attached hydrogens (tertiary/aromatic N) is 4. The van der Waals surface area contributed by atoms with Gasteiger partial charge in [-0.05, 0) is 30.2 Å². The molecule has 3 aromatic rings. The first-order valence-corrected chi connectivity index (χ1v) is 9.19. The zero-order chi connectivity index (χ0) is 19.8. The predicted molar refractivity (Wildman–Crippen MR) is 105 cm³/mol. The minimum atomic E-state index is -0.167. The van der Waals surface area contributed by atoms with Gasteiger partial charge in [0, 0.05) is 38.3 Å². The molecule has 0 saturated heterocycles. The molecular weight excluding hydrogens is 354 g/mol. The van der Waals surface area contributed by atoms with Gasteiger partial charge in [-0.15, -0.1) is 0 Å². The smallest absolute Gasteiger partial charge is 0.258 e. The highest BCUT2D eigenvalue weighted by atomic mass is 16.2. The van der Waals surface area contributed by atoms with Gasteiger partial charge in [-0.25, -0.2) is 4.98 Å². The van der Waals surface area contributed by atoms with Crippen molar-refractivity contribution in [2.24, 2.45) is 0 Å². The van der Waals surface area contributed by atoms with E-state index in [9.17, 15) is 9.59 Å². The first-order chi connectivity index (χ1) is 13.7. The minimum Gasteiger partial charge on any atom is -0.337 e. The second-order valence-electron chi connectivity index (χ2n) is 6.47. The largest absolute Gasteiger partial charge is 0.337 e. The summed E-state index contributed by atoms with van der Waals surface area (Å²) >= 11 is 0. The van der Waals surface area contributed by atoms with E-state index < -0.39 is 0 Å². The lowest BCUT2D eigenvalue weighted by Crippen LogP contribution is -2.31. The van der Waals surface area contributed by atoms with Gasteiger partial charge in [-0.1, -0.05) is 18.2 Å². The van der Waals surface area contributed by atoms with Gasteiger partial charge in [0.15, 0.2) is 0 Å². The quantitative estimate of drug-likeness (QED) is 0.652. The number of rotatable bonds is 8. The number of aromatic amines is 1. The standard InChI is InChI=1S/C21H21N5O2/c22-11-5-13-26(15-16-6-4-12-23-14-16)20(27)10-3-9-19-24-18-8-2-1-7-17(18)21(28)25-19/h1-2,4,6-8,12,14H,3,5,9-10,13,15H2,(H,24,25,28). The van der Waals surface area contributed by atoms with E-state index in [0.29, 0.717) is 49.1 Å². The van der Waals surface area contributed by atoms with Crippen molar-refractivity contribution in [3.05, 3.63) is 70.5 Å². The number of amides is 1. The summed E-state index contributed by atoms with van der Waals surface area (Å²) in [6, 6.07) is 13.0. The van der Waals surface area contributed by atoms with Crippen molar-refractivity contribution in [2.75, 3.05) is 6.54 Å². The van der Waals surface area contributed by atoms with Crippen molar-refractivity contribution >= 4 is 16.8 Å². The average Bonchev–Trinajstić information content (AvgIpc) is 2.72. The molecule has 7 heteroatoms. The number of fused-ring (bicyclic) bond motifs is 1. The van der Waals surface area contributed by atoms with Crippen LogP contribution in [0.15, 0.2) is 53.6 Å². The van der Waals surface area contributed by atoms with Gasteiger partial charge in [-0.2, -0.15) is 5.26 Å². The Morgan fingerprint density at radius 1 is 1.21 bits per heavy atom. The molecule has 142 valence electrons. The van der Waals surface area contributed by atoms with Crippen molar-refractivity contribution in [2.45, 2.75) is 32.2 Å². The number of nitrogens with one attached hydrogen (secondary N) is 1. The van der Waals surface area contributed by atoms with Crippen molar-refractivity contribution in [3.8, 4) is 6.07 Å². The molecule has 0 bridgehead atoms. The molecule has 28 heavy (non-hydrogen) atoms. The number of benzene rings is 1. The third-order valence-electron chi connectivity index (χ3n) is 4.41. The van der Waals surface area contributed by atoms with Crippen molar-refractivity contribution < 1.29 is 4.79 Å². The van der Waals surface area contributed by atoms with Crippen LogP contribution in [0.2, 0.25) is 0 Å². The molecule has 1 aromatic carbocycles. The number of carbonyl (C=O) groups excluding carboxylic acids is 1. The number of carbonyl (C=O) groups is 1. The summed E-state index contributed by atoms with van der Waals surface area (Å²) in [5.41, 5.74) is 1.41. The zero-order valence-electron chi connectivity index (χ0n) is 15.5. The van der Waals surface area contributed by atoms with E-state index in [1.165, 1.54) is 0 Å². The summed E-state index contributed by atoms with van der Waals surface area (Å²) in [7, 11) is 0. The maximum absolute atomic E-state index is 12.6. The first kappa shape index (κ1) is 19.2. The van der Waals surface area contributed by atoms with Crippen LogP contribution in [0.1, 0.15) is 30.7 Å². The molecule has 0 aliphatic heterocycles. The second kappa shape index (κ2) is 9.42. The number of nitriles is 1. The number of hydrogen-bond donors (Lipinski definition) is 1. The number of aromatic nitrogens is 3. The maximum Gasteiger partial charge on any atom is 0.258 e. The average molecular weight is 375 g/mol. The number of H-pyrrole nitrogens is 1. The molecule has 2 aromatic heterocycles. The van der Waals surface area contributed by atoms with Crippen LogP contribution in [-0.4, -0.2) is 32.3 Å². The molecule has 2 heterocycles. The van der Waals surface area contributed by atoms with Crippen molar-refractivity contribution in [1.29, 1.82) is 5.26 Å². The highest BCUT2D eigenvalue weighted by Crippen LogP contribution is 2.10. The summed E-state index contributed by atoms with van der Waals surface area (Å²) in [5.74, 6) is 0.551. The van der Waals surface area contributed by atoms with Gasteiger partial charge < -0.3 is 9.88 Å². The lowest BCUT2D eigenvalue weighted by Gasteiger charge is -2.21. The molecule has 0 fully saturated rings. The molecule has 0 aliphatic rings. The van der Waals surface area contributed by atoms with E-state index >= 15 is 0 Å². The highest BCUT2D eigenvalue weighted by Gasteiger charge is 2.14. The van der Waals surface area contributed by atoms with Crippen LogP contribution >= 0.6 is 0 Å². The molecule has 0 saturated carbocycles. The van der Waals surface area contributed by atoms with Crippen LogP contribution in [0.25, 0.3) is 10.9 Å². The van der Waals surface area contributed by atoms with E-state index in [1.807, 2.05) is 18.2 Å². The summed E-state index contributed by atoms with van der Waals surface area (Å²) in [6.45, 7) is 0.814. The minimum absolute atomic E-state index is 0.0257. The number of aryl methyl sites for hydroxylation is 1. The molecule has 3 rings (SSSR count). The third-order valence-corrected chi connectivity index (χ3v) is 4.41. The molecule has 0 atom stereocenters. The fourth-order valence-electron chi connectivity index (χ4n) is 3.01. The normalized spacial score (nSPS) is 10.5. The molecule has 1 N–H and O–H groups in total. The fraction of sp³-hybridized carbons (Fsp3) is 0.286. The molecule has 7 nitrogen and oxygen atoms in total. The Morgan fingerprint density at radius 2 is 2.07 bits per heavy atom. The number of pyridine rings is 1. The second-order valence-corrected chi connectivity index (χ2v) is 6.47. The van der Waals surface area contributed by atoms with Gasteiger partial charge in [0.1, 0.15) is 5.82 Å². The Bertz CT molecular complexity index is 1040. The van der Waals surface area contributed by atoms with E-state index in [-0.39, 0.29) is 17.9 Å². The Labute approximate surface area is 162 Å². The monoisotopic (exact) mass is 375 g/mol. The van der Waals surface area contributed by atoms with Crippen LogP contribution in [0.5, 0.6) is 0 Å². The summed E-state index contributed by atoms with van der Waals surface area (Å²) in [5, 5.41) is 9.41. The van der Waals surface area contributed by atoms with Gasteiger partial charge in [0.05, 0.1) is 23.4 Å². The lowest BCUT2D eigenvalue weighted by molar-refractivity contribution is -0.131. The van der Waals surface area contributed by atoms with Gasteiger partial charge in [-0.3, -0.25) is 14.6 Å². The van der Waals surface area contributed by atoms with Crippen LogP contribution in [0, 0.1) is 11.3 Å². The van der Waals surface area contributed by atoms with Gasteiger partial charge in [0.2, 0.25) is 5.91 Å². The SMILES string of the molecule is N#CCCN(Cc1cccnc1)C(=O)CCCc1nc2ccccc2c(=O)[nH]1. The number of hydrogen-bond acceptors (Lipinski definition) is 5. The zero-order valence-corrected chi connectivity index (χ0v) is 15.5. The van der Waals surface area contributed by atoms with Crippen molar-refractivity contribution in [1.82, 2.24) is 19.9 Å². The summed E-state index contributed by atoms with van der Waals surface area (Å²) in [6.07, 6.45) is 5.08. The molecule has 0 spiro atoms. The van der Waals surface area contributed by atoms with Gasteiger partial charge in [0.25, 0.3) is 5.56 Å². The van der Waals surface area contributed by atoms with Crippen LogP contribution in [0.4, 0.5) is 0 Å². The lowest BCUT2D eigenvalue weighted by atomic mass is 10.1. The molecule has 0 radical (unpaired) electrons. The molecule has 0 aliphatic carbocycles. The summed E-state index contributed by atoms with van der Waals surface area (Å²) < 4.78 is 0. The maximum atomic E-state index is 12.6. The van der Waals surface area contributed by atoms with Crippen LogP contribution in [0.3, 0.4) is 0 Å². The van der Waals surface area contributed by atoms with Crippen molar-refractivity contribution in [3.63, 3.8) is 0 Å². The van der Waals surface area contributed by atoms with Gasteiger partial charge >= 0.3 is 0 Å². The van der Waals surface area contributed by atoms with E-state index in [0.717, 1.165) is 5.56 Å². The highest BCUT2D eigenvalue weighted by molar-refractivity contribution is 5.77. The van der Waals surface area contributed by atoms with Crippen LogP contribution in [-0.2, 0) is 17.8 Å². The number of para-hydroxylation sites is 1. The molecular formula is C21H21N5O2. The first-order valence-electron chi connectivity index (χ1n) is 9.19. The van der Waals surface area contributed by atoms with Crippen LogP contribution < -0.4 is 5.56 Å². The summed E-state index contributed by atoms with van der Waals surface area (Å²) in [4.78, 5) is 37.7. The van der Waals surface area contributed by atoms with E-state index in [1.54, 1.807) is 35.5 Å². The van der Waals surface area contributed by atoms with E-state index in [2.05, 4.69) is 21.0 Å². The fourth-order valence-corrected chi connectivity index (χ4v) is 3.01. The molecule has 1 amide bonds. The third kappa shape index (κ3) is 5.01. The topological polar surface area (TPSA) is 103 Å². The predicted octanol–water partition coefficient (Wildman–Crippen LogP) is 2.58.